The minimum Gasteiger partial charge on any atom is -0.0848 e. The van der Waals surface area contributed by atoms with Gasteiger partial charge in [-0.15, -0.1) is 0 Å². The van der Waals surface area contributed by atoms with Gasteiger partial charge in [-0.2, -0.15) is 0 Å². The Kier molecular flexibility index (Phi) is 4.41. The smallest absolute Gasteiger partial charge is 0.0848 e. The molecule has 5 rings (SSSR count). The van der Waals surface area contributed by atoms with E-state index < -0.39 is 8.07 Å². The molecule has 0 fully saturated rings. The van der Waals surface area contributed by atoms with Gasteiger partial charge < -0.3 is 0 Å². The maximum Gasteiger partial charge on any atom is 0.153 e. The van der Waals surface area contributed by atoms with E-state index in [1.54, 1.807) is 21.1 Å². The maximum atomic E-state index is 2.43. The Morgan fingerprint density at radius 3 is 1.75 bits per heavy atom. The highest BCUT2D eigenvalue weighted by Crippen LogP contribution is 2.31. The summed E-state index contributed by atoms with van der Waals surface area (Å²) in [5.41, 5.74) is 6.19. The molecule has 0 N–H and O–H groups in total. The van der Waals surface area contributed by atoms with Gasteiger partial charge in [0.05, 0.1) is 0 Å². The third-order valence-electron chi connectivity index (χ3n) is 6.43. The summed E-state index contributed by atoms with van der Waals surface area (Å²) in [6, 6.07) is 29.0. The van der Waals surface area contributed by atoms with Gasteiger partial charge in [0.2, 0.25) is 0 Å². The zero-order chi connectivity index (χ0) is 19.0. The second-order valence-corrected chi connectivity index (χ2v) is 11.8. The molecule has 0 saturated heterocycles. The first kappa shape index (κ1) is 17.5. The van der Waals surface area contributed by atoms with Gasteiger partial charge in [0, 0.05) is 0 Å². The molecule has 0 atom stereocenters. The summed E-state index contributed by atoms with van der Waals surface area (Å²) in [6.07, 6.45) is 10.2. The highest BCUT2D eigenvalue weighted by Gasteiger charge is 2.47. The Labute approximate surface area is 169 Å². The Balaban J connectivity index is 1.82. The van der Waals surface area contributed by atoms with Crippen LogP contribution in [0.4, 0.5) is 0 Å². The summed E-state index contributed by atoms with van der Waals surface area (Å²) >= 11 is 0. The predicted octanol–water partition coefficient (Wildman–Crippen LogP) is 4.51. The molecule has 2 heterocycles. The molecule has 0 amide bonds. The Bertz CT molecular complexity index is 1040. The van der Waals surface area contributed by atoms with Crippen molar-refractivity contribution in [2.75, 3.05) is 0 Å². The molecule has 1 heteroatoms. The van der Waals surface area contributed by atoms with Crippen molar-refractivity contribution < 1.29 is 0 Å². The van der Waals surface area contributed by atoms with Gasteiger partial charge >= 0.3 is 0 Å². The molecule has 28 heavy (non-hydrogen) atoms. The molecule has 0 aromatic heterocycles. The minimum atomic E-state index is -2.06. The van der Waals surface area contributed by atoms with Crippen molar-refractivity contribution in [3.05, 3.63) is 113 Å². The van der Waals surface area contributed by atoms with Gasteiger partial charge in [-0.1, -0.05) is 104 Å². The van der Waals surface area contributed by atoms with Crippen LogP contribution in [0.2, 0.25) is 6.04 Å². The molecule has 3 aromatic carbocycles. The lowest BCUT2D eigenvalue weighted by atomic mass is 10.0. The largest absolute Gasteiger partial charge is 0.153 e. The van der Waals surface area contributed by atoms with E-state index in [0.717, 1.165) is 19.3 Å². The van der Waals surface area contributed by atoms with Crippen molar-refractivity contribution in [2.45, 2.75) is 32.2 Å². The van der Waals surface area contributed by atoms with Gasteiger partial charge in [0.15, 0.2) is 8.07 Å². The number of rotatable bonds is 2. The molecule has 0 nitrogen and oxygen atoms in total. The summed E-state index contributed by atoms with van der Waals surface area (Å²) in [4.78, 5) is 0. The van der Waals surface area contributed by atoms with Crippen molar-refractivity contribution in [2.24, 2.45) is 0 Å². The Morgan fingerprint density at radius 2 is 1.21 bits per heavy atom. The number of benzene rings is 3. The van der Waals surface area contributed by atoms with E-state index >= 15 is 0 Å². The average Bonchev–Trinajstić information content (AvgIpc) is 2.74. The molecule has 0 unspecified atom stereocenters. The van der Waals surface area contributed by atoms with E-state index in [-0.39, 0.29) is 0 Å². The second-order valence-electron chi connectivity index (χ2n) is 8.07. The average molecular weight is 379 g/mol. The first-order valence-electron chi connectivity index (χ1n) is 10.4. The van der Waals surface area contributed by atoms with E-state index in [4.69, 9.17) is 0 Å². The van der Waals surface area contributed by atoms with E-state index in [2.05, 4.69) is 97.9 Å². The van der Waals surface area contributed by atoms with Crippen molar-refractivity contribution in [3.63, 3.8) is 0 Å². The summed E-state index contributed by atoms with van der Waals surface area (Å²) in [6.45, 7) is 2.20. The number of hydrogen-bond donors (Lipinski definition) is 0. The highest BCUT2D eigenvalue weighted by molar-refractivity contribution is 7.13. The molecule has 3 aromatic rings. The fraction of sp³-hybridized carbons (Fsp3) is 0.185. The van der Waals surface area contributed by atoms with Crippen LogP contribution in [-0.2, 0) is 12.8 Å². The van der Waals surface area contributed by atoms with Crippen LogP contribution in [0.3, 0.4) is 0 Å². The van der Waals surface area contributed by atoms with Crippen LogP contribution >= 0.6 is 0 Å². The lowest BCUT2D eigenvalue weighted by molar-refractivity contribution is 1.10. The van der Waals surface area contributed by atoms with Crippen LogP contribution < -0.4 is 15.6 Å². The maximum absolute atomic E-state index is 2.43. The summed E-state index contributed by atoms with van der Waals surface area (Å²) in [5, 5.41) is 4.89. The molecule has 138 valence electrons. The molecule has 2 aliphatic rings. The van der Waals surface area contributed by atoms with E-state index in [0.29, 0.717) is 0 Å². The van der Waals surface area contributed by atoms with Crippen molar-refractivity contribution in [3.8, 4) is 0 Å². The normalized spacial score (nSPS) is 18.1. The van der Waals surface area contributed by atoms with E-state index in [1.165, 1.54) is 22.7 Å². The van der Waals surface area contributed by atoms with Crippen molar-refractivity contribution >= 4 is 23.6 Å². The molecular weight excluding hydrogens is 352 g/mol. The third-order valence-corrected chi connectivity index (χ3v) is 11.6. The topological polar surface area (TPSA) is 0 Å². The Hall–Kier alpha value is -2.64. The van der Waals surface area contributed by atoms with Crippen LogP contribution in [0.5, 0.6) is 0 Å². The molecule has 0 saturated carbocycles. The fourth-order valence-corrected chi connectivity index (χ4v) is 11.0. The van der Waals surface area contributed by atoms with E-state index in [1.807, 2.05) is 0 Å². The lowest BCUT2D eigenvalue weighted by Gasteiger charge is -2.44. The summed E-state index contributed by atoms with van der Waals surface area (Å²) < 4.78 is 0. The molecule has 0 aliphatic carbocycles. The summed E-state index contributed by atoms with van der Waals surface area (Å²) in [7, 11) is -2.06. The van der Waals surface area contributed by atoms with Gasteiger partial charge in [0.25, 0.3) is 0 Å². The fourth-order valence-electron chi connectivity index (χ4n) is 5.30. The number of hydrogen-bond acceptors (Lipinski definition) is 0. The quantitative estimate of drug-likeness (QED) is 0.576. The third kappa shape index (κ3) is 2.65. The number of fused-ring (bicyclic) bond motifs is 6. The van der Waals surface area contributed by atoms with Crippen molar-refractivity contribution in [1.82, 2.24) is 0 Å². The van der Waals surface area contributed by atoms with Crippen LogP contribution in [0.15, 0.2) is 96.6 Å². The first-order chi connectivity index (χ1) is 13.8. The van der Waals surface area contributed by atoms with Crippen LogP contribution in [-0.4, -0.2) is 8.07 Å². The second kappa shape index (κ2) is 7.07. The van der Waals surface area contributed by atoms with Crippen molar-refractivity contribution in [1.29, 1.82) is 0 Å². The van der Waals surface area contributed by atoms with E-state index in [9.17, 15) is 0 Å². The van der Waals surface area contributed by atoms with Crippen LogP contribution in [0.1, 0.15) is 30.0 Å². The monoisotopic (exact) mass is 378 g/mol. The molecular formula is C27H26Si. The van der Waals surface area contributed by atoms with Gasteiger partial charge in [-0.25, -0.2) is 0 Å². The lowest BCUT2D eigenvalue weighted by Crippen LogP contribution is -2.72. The molecule has 2 aliphatic heterocycles. The number of allylic oxidation sites excluding steroid dienone is 4. The summed E-state index contributed by atoms with van der Waals surface area (Å²) in [5.74, 6) is 0. The first-order valence-corrected chi connectivity index (χ1v) is 12.6. The standard InChI is InChI=1S/C27H26Si/c1-2-3-4-11-21-18-22-12-5-8-15-25(22)28(20-21)26-16-9-6-13-23(26)19-24-14-7-10-17-27(24)28/h3-17H,2,18-20H2,1H3/b4-3-,21-11-. The molecule has 1 spiro atoms. The zero-order valence-corrected chi connectivity index (χ0v) is 17.5. The Morgan fingerprint density at radius 1 is 0.714 bits per heavy atom. The zero-order valence-electron chi connectivity index (χ0n) is 16.5. The van der Waals surface area contributed by atoms with Gasteiger partial charge in [0.1, 0.15) is 0 Å². The van der Waals surface area contributed by atoms with Gasteiger partial charge in [-0.05, 0) is 57.6 Å². The predicted molar refractivity (Wildman–Crippen MR) is 123 cm³/mol. The van der Waals surface area contributed by atoms with Crippen LogP contribution in [0, 0.1) is 0 Å². The van der Waals surface area contributed by atoms with Crippen LogP contribution in [0.25, 0.3) is 0 Å². The molecule has 0 radical (unpaired) electrons. The molecule has 0 bridgehead atoms. The minimum absolute atomic E-state index is 1.07. The van der Waals surface area contributed by atoms with Gasteiger partial charge in [-0.3, -0.25) is 0 Å². The highest BCUT2D eigenvalue weighted by atomic mass is 28.3. The SMILES string of the molecule is CC/C=C\C=C1\Cc2ccccc2[Si]2(C1)c1ccccc1Cc1ccccc12.